The second-order valence-corrected chi connectivity index (χ2v) is 5.34. The van der Waals surface area contributed by atoms with E-state index in [4.69, 9.17) is 0 Å². The average molecular weight is 273 g/mol. The summed E-state index contributed by atoms with van der Waals surface area (Å²) >= 11 is 0. The van der Waals surface area contributed by atoms with Gasteiger partial charge in [-0.25, -0.2) is 4.39 Å². The average Bonchev–Trinajstić information content (AvgIpc) is 2.36. The van der Waals surface area contributed by atoms with E-state index in [0.717, 1.165) is 11.8 Å². The summed E-state index contributed by atoms with van der Waals surface area (Å²) in [4.78, 5) is 2.04. The molecule has 0 saturated heterocycles. The molecule has 2 rings (SSSR count). The van der Waals surface area contributed by atoms with Gasteiger partial charge in [0.05, 0.1) is 6.04 Å². The maximum absolute atomic E-state index is 13.9. The third-order valence-corrected chi connectivity index (χ3v) is 3.63. The molecule has 20 heavy (non-hydrogen) atoms. The number of rotatable bonds is 3. The van der Waals surface area contributed by atoms with Crippen LogP contribution in [0.1, 0.15) is 29.7 Å². The maximum Gasteiger partial charge on any atom is 0.132 e. The molecule has 0 aliphatic carbocycles. The number of anilines is 1. The molecule has 2 nitrogen and oxygen atoms in total. The SMILES string of the molecule is Cc1cc(C)cc(N(C)C(C)c2ccc(O)cc2F)c1. The Morgan fingerprint density at radius 2 is 1.65 bits per heavy atom. The summed E-state index contributed by atoms with van der Waals surface area (Å²) in [6.07, 6.45) is 0. The largest absolute Gasteiger partial charge is 0.508 e. The van der Waals surface area contributed by atoms with Crippen molar-refractivity contribution in [3.8, 4) is 5.75 Å². The fourth-order valence-electron chi connectivity index (χ4n) is 2.44. The fraction of sp³-hybridized carbons (Fsp3) is 0.294. The van der Waals surface area contributed by atoms with Crippen LogP contribution in [-0.2, 0) is 0 Å². The lowest BCUT2D eigenvalue weighted by Gasteiger charge is -2.28. The van der Waals surface area contributed by atoms with E-state index in [9.17, 15) is 9.50 Å². The smallest absolute Gasteiger partial charge is 0.132 e. The van der Waals surface area contributed by atoms with Gasteiger partial charge in [-0.2, -0.15) is 0 Å². The molecule has 0 saturated carbocycles. The quantitative estimate of drug-likeness (QED) is 0.899. The van der Waals surface area contributed by atoms with Crippen molar-refractivity contribution < 1.29 is 9.50 Å². The lowest BCUT2D eigenvalue weighted by molar-refractivity contribution is 0.466. The van der Waals surface area contributed by atoms with Crippen molar-refractivity contribution in [2.75, 3.05) is 11.9 Å². The topological polar surface area (TPSA) is 23.5 Å². The molecule has 0 aromatic heterocycles. The van der Waals surface area contributed by atoms with Crippen LogP contribution in [0.25, 0.3) is 0 Å². The number of benzene rings is 2. The van der Waals surface area contributed by atoms with Gasteiger partial charge in [0.25, 0.3) is 0 Å². The first-order valence-corrected chi connectivity index (χ1v) is 6.68. The number of nitrogens with zero attached hydrogens (tertiary/aromatic N) is 1. The predicted octanol–water partition coefficient (Wildman–Crippen LogP) is 4.35. The molecule has 0 heterocycles. The summed E-state index contributed by atoms with van der Waals surface area (Å²) in [5, 5.41) is 9.29. The molecular weight excluding hydrogens is 253 g/mol. The first-order valence-electron chi connectivity index (χ1n) is 6.68. The van der Waals surface area contributed by atoms with Gasteiger partial charge in [0, 0.05) is 24.4 Å². The summed E-state index contributed by atoms with van der Waals surface area (Å²) in [5.74, 6) is -0.429. The van der Waals surface area contributed by atoms with Gasteiger partial charge in [-0.3, -0.25) is 0 Å². The van der Waals surface area contributed by atoms with Crippen LogP contribution in [0.3, 0.4) is 0 Å². The molecule has 1 unspecified atom stereocenters. The van der Waals surface area contributed by atoms with Crippen LogP contribution in [0.5, 0.6) is 5.75 Å². The van der Waals surface area contributed by atoms with Gasteiger partial charge < -0.3 is 10.0 Å². The highest BCUT2D eigenvalue weighted by Crippen LogP contribution is 2.29. The van der Waals surface area contributed by atoms with Gasteiger partial charge >= 0.3 is 0 Å². The van der Waals surface area contributed by atoms with Crippen LogP contribution < -0.4 is 4.90 Å². The van der Waals surface area contributed by atoms with Gasteiger partial charge in [0.2, 0.25) is 0 Å². The number of halogens is 1. The number of phenolic OH excluding ortho intramolecular Hbond substituents is 1. The summed E-state index contributed by atoms with van der Waals surface area (Å²) in [5.41, 5.74) is 4.00. The molecule has 0 bridgehead atoms. The van der Waals surface area contributed by atoms with Crippen LogP contribution in [-0.4, -0.2) is 12.2 Å². The third kappa shape index (κ3) is 2.93. The summed E-state index contributed by atoms with van der Waals surface area (Å²) in [7, 11) is 1.95. The normalized spacial score (nSPS) is 12.2. The predicted molar refractivity (Wildman–Crippen MR) is 80.8 cm³/mol. The zero-order valence-corrected chi connectivity index (χ0v) is 12.3. The van der Waals surface area contributed by atoms with Crippen molar-refractivity contribution in [2.45, 2.75) is 26.8 Å². The second kappa shape index (κ2) is 5.53. The fourth-order valence-corrected chi connectivity index (χ4v) is 2.44. The van der Waals surface area contributed by atoms with Crippen molar-refractivity contribution in [3.05, 3.63) is 58.9 Å². The molecule has 0 amide bonds. The van der Waals surface area contributed by atoms with E-state index >= 15 is 0 Å². The van der Waals surface area contributed by atoms with Crippen LogP contribution in [0.4, 0.5) is 10.1 Å². The summed E-state index contributed by atoms with van der Waals surface area (Å²) < 4.78 is 13.9. The highest BCUT2D eigenvalue weighted by molar-refractivity contribution is 5.52. The molecule has 1 N–H and O–H groups in total. The van der Waals surface area contributed by atoms with E-state index in [-0.39, 0.29) is 17.6 Å². The van der Waals surface area contributed by atoms with E-state index in [0.29, 0.717) is 5.56 Å². The van der Waals surface area contributed by atoms with E-state index in [2.05, 4.69) is 32.0 Å². The minimum Gasteiger partial charge on any atom is -0.508 e. The van der Waals surface area contributed by atoms with Crippen LogP contribution in [0.2, 0.25) is 0 Å². The van der Waals surface area contributed by atoms with Gasteiger partial charge in [0.15, 0.2) is 0 Å². The molecule has 2 aromatic carbocycles. The molecule has 0 fully saturated rings. The highest BCUT2D eigenvalue weighted by atomic mass is 19.1. The third-order valence-electron chi connectivity index (χ3n) is 3.63. The van der Waals surface area contributed by atoms with Crippen LogP contribution in [0, 0.1) is 19.7 Å². The molecule has 3 heteroatoms. The molecule has 0 aliphatic heterocycles. The Balaban J connectivity index is 2.34. The van der Waals surface area contributed by atoms with Crippen molar-refractivity contribution in [2.24, 2.45) is 0 Å². The molecule has 2 aromatic rings. The lowest BCUT2D eigenvalue weighted by Crippen LogP contribution is -2.22. The first kappa shape index (κ1) is 14.4. The minimum atomic E-state index is -0.381. The Morgan fingerprint density at radius 1 is 1.05 bits per heavy atom. The minimum absolute atomic E-state index is 0.0486. The van der Waals surface area contributed by atoms with Gasteiger partial charge in [0.1, 0.15) is 11.6 Å². The Bertz CT molecular complexity index is 604. The van der Waals surface area contributed by atoms with Crippen molar-refractivity contribution in [1.29, 1.82) is 0 Å². The van der Waals surface area contributed by atoms with E-state index in [1.165, 1.54) is 17.2 Å². The van der Waals surface area contributed by atoms with E-state index < -0.39 is 0 Å². The number of aryl methyl sites for hydroxylation is 2. The lowest BCUT2D eigenvalue weighted by atomic mass is 10.0. The Kier molecular flexibility index (Phi) is 3.98. The summed E-state index contributed by atoms with van der Waals surface area (Å²) in [6.45, 7) is 6.05. The second-order valence-electron chi connectivity index (χ2n) is 5.34. The number of hydrogen-bond donors (Lipinski definition) is 1. The van der Waals surface area contributed by atoms with Crippen molar-refractivity contribution >= 4 is 5.69 Å². The zero-order chi connectivity index (χ0) is 14.9. The Hall–Kier alpha value is -2.03. The molecule has 0 spiro atoms. The molecule has 0 aliphatic rings. The molecule has 0 radical (unpaired) electrons. The zero-order valence-electron chi connectivity index (χ0n) is 12.3. The number of hydrogen-bond acceptors (Lipinski definition) is 2. The maximum atomic E-state index is 13.9. The van der Waals surface area contributed by atoms with Gasteiger partial charge in [-0.05, 0) is 50.1 Å². The first-order chi connectivity index (χ1) is 9.38. The Morgan fingerprint density at radius 3 is 2.20 bits per heavy atom. The molecule has 106 valence electrons. The molecular formula is C17H20FNO. The number of aromatic hydroxyl groups is 1. The Labute approximate surface area is 119 Å². The van der Waals surface area contributed by atoms with Gasteiger partial charge in [-0.15, -0.1) is 0 Å². The van der Waals surface area contributed by atoms with Gasteiger partial charge in [-0.1, -0.05) is 12.1 Å². The van der Waals surface area contributed by atoms with Crippen molar-refractivity contribution in [3.63, 3.8) is 0 Å². The standard InChI is InChI=1S/C17H20FNO/c1-11-7-12(2)9-14(8-11)19(4)13(3)16-6-5-15(20)10-17(16)18/h5-10,13,20H,1-4H3. The van der Waals surface area contributed by atoms with Crippen LogP contribution >= 0.6 is 0 Å². The monoisotopic (exact) mass is 273 g/mol. The van der Waals surface area contributed by atoms with E-state index in [1.54, 1.807) is 6.07 Å². The van der Waals surface area contributed by atoms with E-state index in [1.807, 2.05) is 18.9 Å². The molecule has 1 atom stereocenters. The van der Waals surface area contributed by atoms with Crippen LogP contribution in [0.15, 0.2) is 36.4 Å². The summed E-state index contributed by atoms with van der Waals surface area (Å²) in [6, 6.07) is 10.5. The highest BCUT2D eigenvalue weighted by Gasteiger charge is 2.17. The van der Waals surface area contributed by atoms with Crippen molar-refractivity contribution in [1.82, 2.24) is 0 Å². The number of phenols is 1.